The molecule has 140 valence electrons. The van der Waals surface area contributed by atoms with Crippen molar-refractivity contribution in [2.24, 2.45) is 11.8 Å². The highest BCUT2D eigenvalue weighted by atomic mass is 16.2. The first-order chi connectivity index (χ1) is 11.5. The normalized spacial score (nSPS) is 20.9. The summed E-state index contributed by atoms with van der Waals surface area (Å²) in [6.45, 7) is 11.8. The Bertz CT molecular complexity index is 628. The molecule has 1 aliphatic heterocycles. The number of nitrogens with one attached hydrogen (secondary N) is 1. The van der Waals surface area contributed by atoms with Crippen molar-refractivity contribution in [2.45, 2.75) is 46.2 Å². The molecule has 1 N–H and O–H groups in total. The van der Waals surface area contributed by atoms with Gasteiger partial charge in [-0.15, -0.1) is 0 Å². The highest BCUT2D eigenvalue weighted by Crippen LogP contribution is 2.26. The Hall–Kier alpha value is -1.98. The van der Waals surface area contributed by atoms with E-state index < -0.39 is 0 Å². The van der Waals surface area contributed by atoms with Gasteiger partial charge in [0.05, 0.1) is 11.6 Å². The number of amides is 3. The first-order valence-electron chi connectivity index (χ1n) is 8.96. The molecule has 1 aromatic rings. The monoisotopic (exact) mass is 348 g/mol. The second kappa shape index (κ2) is 7.10. The predicted octanol–water partition coefficient (Wildman–Crippen LogP) is 2.61. The molecule has 0 saturated carbocycles. The van der Waals surface area contributed by atoms with Gasteiger partial charge in [-0.3, -0.25) is 4.79 Å². The Kier molecular flexibility index (Phi) is 5.49. The molecule has 2 unspecified atom stereocenters. The van der Waals surface area contributed by atoms with Gasteiger partial charge in [0.1, 0.15) is 0 Å². The van der Waals surface area contributed by atoms with Crippen molar-refractivity contribution >= 4 is 11.9 Å². The van der Waals surface area contributed by atoms with E-state index in [1.165, 1.54) is 4.90 Å². The zero-order valence-corrected chi connectivity index (χ0v) is 16.5. The molecule has 0 radical (unpaired) electrons. The predicted molar refractivity (Wildman–Crippen MR) is 99.7 cm³/mol. The van der Waals surface area contributed by atoms with Gasteiger partial charge < -0.3 is 19.7 Å². The minimum absolute atomic E-state index is 0.0106. The minimum atomic E-state index is -0.108. The molecule has 1 aliphatic rings. The van der Waals surface area contributed by atoms with E-state index in [0.717, 1.165) is 0 Å². The highest BCUT2D eigenvalue weighted by Gasteiger charge is 2.38. The topological polar surface area (TPSA) is 57.6 Å². The average Bonchev–Trinajstić information content (AvgIpc) is 3.12. The fourth-order valence-corrected chi connectivity index (χ4v) is 3.23. The van der Waals surface area contributed by atoms with Crippen LogP contribution in [-0.2, 0) is 5.54 Å². The van der Waals surface area contributed by atoms with Crippen LogP contribution in [0.15, 0.2) is 18.5 Å². The van der Waals surface area contributed by atoms with Gasteiger partial charge in [0.15, 0.2) is 0 Å². The zero-order valence-electron chi connectivity index (χ0n) is 16.5. The molecular weight excluding hydrogens is 316 g/mol. The summed E-state index contributed by atoms with van der Waals surface area (Å²) in [5.41, 5.74) is 0.656. The van der Waals surface area contributed by atoms with Crippen molar-refractivity contribution in [2.75, 3.05) is 27.2 Å². The molecule has 6 nitrogen and oxygen atoms in total. The number of rotatable bonds is 3. The summed E-state index contributed by atoms with van der Waals surface area (Å²) < 4.78 is 2.06. The van der Waals surface area contributed by atoms with Crippen molar-refractivity contribution < 1.29 is 9.59 Å². The van der Waals surface area contributed by atoms with E-state index in [0.29, 0.717) is 24.6 Å². The molecule has 1 fully saturated rings. The molecule has 6 heteroatoms. The van der Waals surface area contributed by atoms with E-state index in [-0.39, 0.29) is 29.4 Å². The smallest absolute Gasteiger partial charge is 0.317 e. The van der Waals surface area contributed by atoms with Crippen molar-refractivity contribution in [3.05, 3.63) is 24.0 Å². The molecule has 2 rings (SSSR count). The largest absolute Gasteiger partial charge is 0.348 e. The van der Waals surface area contributed by atoms with E-state index in [9.17, 15) is 9.59 Å². The summed E-state index contributed by atoms with van der Waals surface area (Å²) in [6, 6.07) is 1.76. The van der Waals surface area contributed by atoms with E-state index in [1.807, 2.05) is 23.4 Å². The second-order valence-corrected chi connectivity index (χ2v) is 8.55. The summed E-state index contributed by atoms with van der Waals surface area (Å²) in [5, 5.41) is 3.06. The number of urea groups is 1. The number of nitrogens with zero attached hydrogens (tertiary/aromatic N) is 3. The Morgan fingerprint density at radius 3 is 2.36 bits per heavy atom. The fraction of sp³-hybridized carbons (Fsp3) is 0.684. The standard InChI is InChI=1S/C19H32N4O2/c1-13(2)15-11-22(12-16(15)20-18(25)21(6)7)17(24)14-8-9-23(10-14)19(3,4)5/h8-10,13,15-16H,11-12H2,1-7H3,(H,20,25). The van der Waals surface area contributed by atoms with Crippen molar-refractivity contribution in [3.63, 3.8) is 0 Å². The van der Waals surface area contributed by atoms with E-state index >= 15 is 0 Å². The Morgan fingerprint density at radius 1 is 1.24 bits per heavy atom. The third-order valence-electron chi connectivity index (χ3n) is 4.94. The van der Waals surface area contributed by atoms with Crippen LogP contribution in [0.4, 0.5) is 4.79 Å². The molecule has 2 atom stereocenters. The maximum atomic E-state index is 12.9. The lowest BCUT2D eigenvalue weighted by atomic mass is 9.91. The maximum absolute atomic E-state index is 12.9. The summed E-state index contributed by atoms with van der Waals surface area (Å²) >= 11 is 0. The molecule has 0 spiro atoms. The maximum Gasteiger partial charge on any atom is 0.317 e. The van der Waals surface area contributed by atoms with Gasteiger partial charge >= 0.3 is 6.03 Å². The van der Waals surface area contributed by atoms with Crippen LogP contribution in [0.1, 0.15) is 45.0 Å². The molecule has 25 heavy (non-hydrogen) atoms. The molecule has 3 amide bonds. The second-order valence-electron chi connectivity index (χ2n) is 8.55. The van der Waals surface area contributed by atoms with E-state index in [2.05, 4.69) is 44.5 Å². The van der Waals surface area contributed by atoms with Crippen LogP contribution in [-0.4, -0.2) is 59.5 Å². The molecule has 0 aromatic carbocycles. The SMILES string of the molecule is CC(C)C1CN(C(=O)c2ccn(C(C)(C)C)c2)CC1NC(=O)N(C)C. The summed E-state index contributed by atoms with van der Waals surface area (Å²) in [7, 11) is 3.46. The quantitative estimate of drug-likeness (QED) is 0.913. The first-order valence-corrected chi connectivity index (χ1v) is 8.96. The van der Waals surface area contributed by atoms with E-state index in [4.69, 9.17) is 0 Å². The minimum Gasteiger partial charge on any atom is -0.348 e. The summed E-state index contributed by atoms with van der Waals surface area (Å²) in [6.07, 6.45) is 3.87. The van der Waals surface area contributed by atoms with Crippen molar-refractivity contribution in [1.82, 2.24) is 19.7 Å². The number of aromatic nitrogens is 1. The molecule has 0 bridgehead atoms. The number of carbonyl (C=O) groups is 2. The third kappa shape index (κ3) is 4.35. The Labute approximate surface area is 151 Å². The number of carbonyl (C=O) groups excluding carboxylic acids is 2. The van der Waals surface area contributed by atoms with Crippen LogP contribution in [0.3, 0.4) is 0 Å². The number of likely N-dealkylation sites (tertiary alicyclic amines) is 1. The Morgan fingerprint density at radius 2 is 1.88 bits per heavy atom. The van der Waals surface area contributed by atoms with Gasteiger partial charge in [-0.2, -0.15) is 0 Å². The summed E-state index contributed by atoms with van der Waals surface area (Å²) in [4.78, 5) is 28.3. The molecule has 1 saturated heterocycles. The summed E-state index contributed by atoms with van der Waals surface area (Å²) in [5.74, 6) is 0.692. The van der Waals surface area contributed by atoms with Crippen LogP contribution in [0.5, 0.6) is 0 Å². The zero-order chi connectivity index (χ0) is 18.9. The van der Waals surface area contributed by atoms with E-state index in [1.54, 1.807) is 14.1 Å². The fourth-order valence-electron chi connectivity index (χ4n) is 3.23. The molecule has 2 heterocycles. The van der Waals surface area contributed by atoms with Gasteiger partial charge in [0.25, 0.3) is 5.91 Å². The van der Waals surface area contributed by atoms with Crippen molar-refractivity contribution in [1.29, 1.82) is 0 Å². The molecule has 0 aliphatic carbocycles. The van der Waals surface area contributed by atoms with Crippen molar-refractivity contribution in [3.8, 4) is 0 Å². The van der Waals surface area contributed by atoms with Crippen LogP contribution in [0.25, 0.3) is 0 Å². The van der Waals surface area contributed by atoms with Crippen LogP contribution < -0.4 is 5.32 Å². The van der Waals surface area contributed by atoms with Crippen LogP contribution in [0, 0.1) is 11.8 Å². The highest BCUT2D eigenvalue weighted by molar-refractivity contribution is 5.94. The van der Waals surface area contributed by atoms with Gasteiger partial charge in [-0.25, -0.2) is 4.79 Å². The lowest BCUT2D eigenvalue weighted by Crippen LogP contribution is -2.46. The van der Waals surface area contributed by atoms with Crippen LogP contribution >= 0.6 is 0 Å². The third-order valence-corrected chi connectivity index (χ3v) is 4.94. The lowest BCUT2D eigenvalue weighted by Gasteiger charge is -2.24. The first kappa shape index (κ1) is 19.3. The average molecular weight is 348 g/mol. The number of hydrogen-bond donors (Lipinski definition) is 1. The Balaban J connectivity index is 2.13. The van der Waals surface area contributed by atoms with Crippen LogP contribution in [0.2, 0.25) is 0 Å². The van der Waals surface area contributed by atoms with Gasteiger partial charge in [-0.1, -0.05) is 13.8 Å². The molecule has 1 aromatic heterocycles. The number of hydrogen-bond acceptors (Lipinski definition) is 2. The van der Waals surface area contributed by atoms with Gasteiger partial charge in [0, 0.05) is 51.0 Å². The van der Waals surface area contributed by atoms with Gasteiger partial charge in [0.2, 0.25) is 0 Å². The van der Waals surface area contributed by atoms with Gasteiger partial charge in [-0.05, 0) is 32.8 Å². The molecular formula is C19H32N4O2. The lowest BCUT2D eigenvalue weighted by molar-refractivity contribution is 0.0782.